The largest absolute Gasteiger partial charge is 0.515 e. The molecule has 1 aliphatic rings. The molecule has 0 aromatic rings. The summed E-state index contributed by atoms with van der Waals surface area (Å²) in [4.78, 5) is 3.90. The lowest BCUT2D eigenvalue weighted by molar-refractivity contribution is 0.258. The van der Waals surface area contributed by atoms with Gasteiger partial charge in [-0.05, 0) is 4.85 Å². The predicted octanol–water partition coefficient (Wildman–Crippen LogP) is 1.09. The van der Waals surface area contributed by atoms with Crippen molar-refractivity contribution in [3.8, 4) is 6.26 Å². The minimum absolute atomic E-state index is 0.0139. The number of nitrogens with zero attached hydrogens (tertiary/aromatic N) is 1. The average molecular weight is 98.1 g/mol. The van der Waals surface area contributed by atoms with Gasteiger partial charge < -0.3 is 4.74 Å². The normalized spacial score (nSPS) is 22.6. The third kappa shape index (κ3) is 0.833. The van der Waals surface area contributed by atoms with Gasteiger partial charge >= 0.3 is 11.8 Å². The molecule has 0 radical (unpaired) electrons. The minimum atomic E-state index is -0.0139. The predicted molar refractivity (Wildman–Crippen MR) is 27.3 cm³/mol. The van der Waals surface area contributed by atoms with Gasteiger partial charge in [0.15, 0.2) is 6.61 Å². The molecule has 0 saturated heterocycles. The Morgan fingerprint density at radius 2 is 2.43 bits per heavy atom. The lowest BCUT2D eigenvalue weighted by atomic mass is 10.1. The highest BCUT2D eigenvalue weighted by atomic mass is 16.5. The van der Waals surface area contributed by atoms with E-state index in [9.17, 15) is 0 Å². The van der Waals surface area contributed by atoms with E-state index < -0.39 is 0 Å². The van der Waals surface area contributed by atoms with Crippen LogP contribution in [0.5, 0.6) is 0 Å². The van der Waals surface area contributed by atoms with Gasteiger partial charge in [0.05, 0.1) is 0 Å². The van der Waals surface area contributed by atoms with Crippen molar-refractivity contribution in [3.05, 3.63) is 4.85 Å². The van der Waals surface area contributed by atoms with Gasteiger partial charge in [-0.1, -0.05) is 0 Å². The van der Waals surface area contributed by atoms with Crippen LogP contribution in [0.4, 0.5) is 0 Å². The van der Waals surface area contributed by atoms with Crippen LogP contribution >= 0.6 is 0 Å². The zero-order valence-corrected chi connectivity index (χ0v) is 4.56. The molecule has 0 fully saturated rings. The van der Waals surface area contributed by atoms with Crippen molar-refractivity contribution in [2.45, 2.75) is 19.4 Å². The molecule has 0 N–H and O–H groups in total. The Hall–Kier alpha value is -0.710. The van der Waals surface area contributed by atoms with Crippen molar-refractivity contribution in [1.29, 1.82) is 0 Å². The second-order valence-corrected chi connectivity index (χ2v) is 2.30. The van der Waals surface area contributed by atoms with E-state index in [0.29, 0.717) is 6.61 Å². The molecule has 38 valence electrons. The van der Waals surface area contributed by atoms with E-state index in [-0.39, 0.29) is 5.54 Å². The van der Waals surface area contributed by atoms with Gasteiger partial charge in [-0.2, -0.15) is 0 Å². The van der Waals surface area contributed by atoms with Crippen LogP contribution in [0.25, 0.3) is 4.85 Å². The fraction of sp³-hybridized carbons (Fsp3) is 0.800. The summed E-state index contributed by atoms with van der Waals surface area (Å²) in [5.74, 6) is 0. The summed E-state index contributed by atoms with van der Waals surface area (Å²) in [6, 6.07) is 0. The Morgan fingerprint density at radius 3 is 2.57 bits per heavy atom. The molecule has 1 rings (SSSR count). The summed E-state index contributed by atoms with van der Waals surface area (Å²) in [6.45, 7) is 4.69. The maximum atomic E-state index is 4.74. The van der Waals surface area contributed by atoms with Crippen molar-refractivity contribution in [3.63, 3.8) is 0 Å². The molecule has 2 nitrogen and oxygen atoms in total. The van der Waals surface area contributed by atoms with Crippen LogP contribution in [-0.4, -0.2) is 12.1 Å². The highest BCUT2D eigenvalue weighted by Gasteiger charge is 2.34. The molecule has 0 bridgehead atoms. The van der Waals surface area contributed by atoms with Gasteiger partial charge in [0.2, 0.25) is 0 Å². The zero-order valence-electron chi connectivity index (χ0n) is 4.56. The van der Waals surface area contributed by atoms with Gasteiger partial charge in [0, 0.05) is 13.8 Å². The molecular formula is C5H8NO+. The SMILES string of the molecule is CC1(C)COC#[N+]1. The Bertz CT molecular complexity index is 129. The third-order valence-corrected chi connectivity index (χ3v) is 0.838. The molecule has 0 saturated carbocycles. The Morgan fingerprint density at radius 1 is 1.71 bits per heavy atom. The van der Waals surface area contributed by atoms with E-state index in [1.165, 1.54) is 0 Å². The summed E-state index contributed by atoms with van der Waals surface area (Å²) < 4.78 is 4.74. The highest BCUT2D eigenvalue weighted by Crippen LogP contribution is 2.12. The maximum absolute atomic E-state index is 4.74. The second kappa shape index (κ2) is 1.13. The summed E-state index contributed by atoms with van der Waals surface area (Å²) in [7, 11) is 0. The first kappa shape index (κ1) is 4.45. The topological polar surface area (TPSA) is 13.6 Å². The molecule has 0 aromatic heterocycles. The van der Waals surface area contributed by atoms with Gasteiger partial charge in [-0.3, -0.25) is 0 Å². The Labute approximate surface area is 42.9 Å². The monoisotopic (exact) mass is 98.1 g/mol. The van der Waals surface area contributed by atoms with Crippen LogP contribution in [0, 0.1) is 6.26 Å². The van der Waals surface area contributed by atoms with E-state index >= 15 is 0 Å². The van der Waals surface area contributed by atoms with Crippen LogP contribution in [0.15, 0.2) is 0 Å². The fourth-order valence-corrected chi connectivity index (χ4v) is 0.397. The molecule has 0 unspecified atom stereocenters. The molecule has 0 aromatic carbocycles. The van der Waals surface area contributed by atoms with Crippen LogP contribution < -0.4 is 0 Å². The first-order chi connectivity index (χ1) is 3.21. The lowest BCUT2D eigenvalue weighted by Crippen LogP contribution is -2.16. The molecule has 0 aliphatic carbocycles. The average Bonchev–Trinajstić information content (AvgIpc) is 1.84. The van der Waals surface area contributed by atoms with E-state index in [1.807, 2.05) is 13.8 Å². The quantitative estimate of drug-likeness (QED) is 0.413. The summed E-state index contributed by atoms with van der Waals surface area (Å²) >= 11 is 0. The molecule has 2 heteroatoms. The highest BCUT2D eigenvalue weighted by molar-refractivity contribution is 5.01. The van der Waals surface area contributed by atoms with Crippen molar-refractivity contribution < 1.29 is 4.74 Å². The summed E-state index contributed by atoms with van der Waals surface area (Å²) in [6.07, 6.45) is 2.44. The maximum Gasteiger partial charge on any atom is 0.515 e. The Kier molecular flexibility index (Phi) is 0.717. The first-order valence-corrected chi connectivity index (χ1v) is 2.29. The van der Waals surface area contributed by atoms with E-state index in [4.69, 9.17) is 4.74 Å². The smallest absolute Gasteiger partial charge is 0.384 e. The fourth-order valence-electron chi connectivity index (χ4n) is 0.397. The lowest BCUT2D eigenvalue weighted by Gasteiger charge is -1.93. The summed E-state index contributed by atoms with van der Waals surface area (Å²) in [5.41, 5.74) is -0.0139. The van der Waals surface area contributed by atoms with Crippen LogP contribution in [0.3, 0.4) is 0 Å². The first-order valence-electron chi connectivity index (χ1n) is 2.29. The number of ether oxygens (including phenoxy) is 1. The molecule has 0 atom stereocenters. The minimum Gasteiger partial charge on any atom is -0.384 e. The molecule has 1 aliphatic heterocycles. The molecule has 1 heterocycles. The van der Waals surface area contributed by atoms with Gasteiger partial charge in [-0.15, -0.1) is 0 Å². The van der Waals surface area contributed by atoms with Crippen molar-refractivity contribution >= 4 is 0 Å². The zero-order chi connectivity index (χ0) is 5.33. The molecular weight excluding hydrogens is 90.1 g/mol. The van der Waals surface area contributed by atoms with Gasteiger partial charge in [0.1, 0.15) is 0 Å². The molecule has 0 spiro atoms. The molecule has 0 amide bonds. The third-order valence-electron chi connectivity index (χ3n) is 0.838. The van der Waals surface area contributed by atoms with Crippen LogP contribution in [0.1, 0.15) is 13.8 Å². The van der Waals surface area contributed by atoms with E-state index in [2.05, 4.69) is 11.1 Å². The number of hydrogen-bond donors (Lipinski definition) is 0. The van der Waals surface area contributed by atoms with Crippen molar-refractivity contribution in [2.75, 3.05) is 6.61 Å². The Balaban J connectivity index is 2.64. The van der Waals surface area contributed by atoms with Crippen LogP contribution in [0.2, 0.25) is 0 Å². The number of hydrogen-bond acceptors (Lipinski definition) is 1. The second-order valence-electron chi connectivity index (χ2n) is 2.30. The van der Waals surface area contributed by atoms with Crippen molar-refractivity contribution in [2.24, 2.45) is 0 Å². The van der Waals surface area contributed by atoms with E-state index in [0.717, 1.165) is 0 Å². The van der Waals surface area contributed by atoms with Crippen LogP contribution in [-0.2, 0) is 4.74 Å². The number of rotatable bonds is 0. The van der Waals surface area contributed by atoms with Gasteiger partial charge in [0.25, 0.3) is 0 Å². The van der Waals surface area contributed by atoms with Crippen molar-refractivity contribution in [1.82, 2.24) is 0 Å². The standard InChI is InChI=1S/C5H8NO/c1-5(2)3-7-4-6-5/h3H2,1-2H3/q+1. The van der Waals surface area contributed by atoms with Gasteiger partial charge in [-0.25, -0.2) is 0 Å². The van der Waals surface area contributed by atoms with E-state index in [1.54, 1.807) is 0 Å². The summed E-state index contributed by atoms with van der Waals surface area (Å²) in [5, 5.41) is 0. The molecule has 7 heavy (non-hydrogen) atoms.